The van der Waals surface area contributed by atoms with Crippen molar-refractivity contribution in [3.8, 4) is 0 Å². The summed E-state index contributed by atoms with van der Waals surface area (Å²) in [6.45, 7) is 10.6. The fraction of sp³-hybridized carbons (Fsp3) is 0.750. The van der Waals surface area contributed by atoms with E-state index in [-0.39, 0.29) is 5.41 Å². The molecular formula is C12H23NO. The van der Waals surface area contributed by atoms with Crippen LogP contribution in [0.5, 0.6) is 0 Å². The van der Waals surface area contributed by atoms with Gasteiger partial charge >= 0.3 is 0 Å². The largest absolute Gasteiger partial charge is 0.330 e. The van der Waals surface area contributed by atoms with Gasteiger partial charge in [0.15, 0.2) is 0 Å². The Morgan fingerprint density at radius 1 is 1.36 bits per heavy atom. The Kier molecular flexibility index (Phi) is 5.70. The van der Waals surface area contributed by atoms with Gasteiger partial charge in [0, 0.05) is 12.8 Å². The van der Waals surface area contributed by atoms with E-state index in [1.807, 2.05) is 6.92 Å². The molecule has 2 heteroatoms. The molecule has 14 heavy (non-hydrogen) atoms. The SMILES string of the molecule is C=C(C)CC(=O)CCC(C)(C)CCN. The first kappa shape index (κ1) is 13.4. The van der Waals surface area contributed by atoms with E-state index in [9.17, 15) is 4.79 Å². The summed E-state index contributed by atoms with van der Waals surface area (Å²) in [6.07, 6.45) is 3.09. The van der Waals surface area contributed by atoms with Gasteiger partial charge in [0.25, 0.3) is 0 Å². The molecular weight excluding hydrogens is 174 g/mol. The second-order valence-corrected chi connectivity index (χ2v) is 4.88. The minimum atomic E-state index is 0.194. The van der Waals surface area contributed by atoms with E-state index in [1.165, 1.54) is 0 Å². The van der Waals surface area contributed by atoms with Crippen molar-refractivity contribution >= 4 is 5.78 Å². The second-order valence-electron chi connectivity index (χ2n) is 4.88. The lowest BCUT2D eigenvalue weighted by atomic mass is 9.83. The van der Waals surface area contributed by atoms with Crippen molar-refractivity contribution in [3.63, 3.8) is 0 Å². The molecule has 0 aromatic carbocycles. The number of hydrogen-bond donors (Lipinski definition) is 1. The fourth-order valence-corrected chi connectivity index (χ4v) is 1.42. The van der Waals surface area contributed by atoms with Crippen LogP contribution in [0, 0.1) is 5.41 Å². The molecule has 0 aliphatic carbocycles. The number of hydrogen-bond acceptors (Lipinski definition) is 2. The average molecular weight is 197 g/mol. The number of carbonyl (C=O) groups is 1. The van der Waals surface area contributed by atoms with E-state index in [1.54, 1.807) is 0 Å². The summed E-state index contributed by atoms with van der Waals surface area (Å²) < 4.78 is 0. The molecule has 0 aliphatic heterocycles. The maximum Gasteiger partial charge on any atom is 0.136 e. The van der Waals surface area contributed by atoms with Crippen LogP contribution in [0.4, 0.5) is 0 Å². The summed E-state index contributed by atoms with van der Waals surface area (Å²) in [5.74, 6) is 0.294. The molecule has 0 bridgehead atoms. The van der Waals surface area contributed by atoms with E-state index < -0.39 is 0 Å². The lowest BCUT2D eigenvalue weighted by molar-refractivity contribution is -0.118. The number of rotatable bonds is 7. The molecule has 0 heterocycles. The maximum absolute atomic E-state index is 11.4. The zero-order valence-corrected chi connectivity index (χ0v) is 9.73. The number of carbonyl (C=O) groups excluding carboxylic acids is 1. The predicted octanol–water partition coefficient (Wildman–Crippen LogP) is 2.68. The zero-order chi connectivity index (χ0) is 11.2. The van der Waals surface area contributed by atoms with Crippen molar-refractivity contribution in [2.75, 3.05) is 6.54 Å². The molecule has 0 atom stereocenters. The molecule has 2 N–H and O–H groups in total. The third-order valence-electron chi connectivity index (χ3n) is 2.40. The molecule has 0 aromatic heterocycles. The molecule has 0 fully saturated rings. The zero-order valence-electron chi connectivity index (χ0n) is 9.73. The summed E-state index contributed by atoms with van der Waals surface area (Å²) in [4.78, 5) is 11.4. The van der Waals surface area contributed by atoms with Crippen LogP contribution >= 0.6 is 0 Å². The van der Waals surface area contributed by atoms with Gasteiger partial charge in [-0.25, -0.2) is 0 Å². The van der Waals surface area contributed by atoms with Crippen molar-refractivity contribution in [1.82, 2.24) is 0 Å². The first-order valence-electron chi connectivity index (χ1n) is 5.23. The van der Waals surface area contributed by atoms with Gasteiger partial charge in [-0.3, -0.25) is 4.79 Å². The Morgan fingerprint density at radius 2 is 1.93 bits per heavy atom. The molecule has 0 saturated carbocycles. The quantitative estimate of drug-likeness (QED) is 0.638. The molecule has 82 valence electrons. The molecule has 0 unspecified atom stereocenters. The number of ketones is 1. The van der Waals surface area contributed by atoms with Gasteiger partial charge in [-0.15, -0.1) is 0 Å². The topological polar surface area (TPSA) is 43.1 Å². The molecule has 0 aliphatic rings. The van der Waals surface area contributed by atoms with Gasteiger partial charge in [0.2, 0.25) is 0 Å². The van der Waals surface area contributed by atoms with E-state index in [4.69, 9.17) is 5.73 Å². The summed E-state index contributed by atoms with van der Waals surface area (Å²) in [5.41, 5.74) is 6.65. The van der Waals surface area contributed by atoms with Crippen molar-refractivity contribution in [1.29, 1.82) is 0 Å². The third kappa shape index (κ3) is 6.84. The lowest BCUT2D eigenvalue weighted by Gasteiger charge is -2.23. The smallest absolute Gasteiger partial charge is 0.136 e. The maximum atomic E-state index is 11.4. The summed E-state index contributed by atoms with van der Waals surface area (Å²) in [6, 6.07) is 0. The molecule has 2 nitrogen and oxygen atoms in total. The highest BCUT2D eigenvalue weighted by atomic mass is 16.1. The van der Waals surface area contributed by atoms with Gasteiger partial charge in [0.05, 0.1) is 0 Å². The van der Waals surface area contributed by atoms with Gasteiger partial charge in [-0.05, 0) is 31.7 Å². The molecule has 0 aromatic rings. The van der Waals surface area contributed by atoms with Crippen molar-refractivity contribution in [2.24, 2.45) is 11.1 Å². The Morgan fingerprint density at radius 3 is 2.36 bits per heavy atom. The predicted molar refractivity (Wildman–Crippen MR) is 61.1 cm³/mol. The fourth-order valence-electron chi connectivity index (χ4n) is 1.42. The molecule has 0 amide bonds. The Labute approximate surface area is 87.6 Å². The number of nitrogens with two attached hydrogens (primary N) is 1. The van der Waals surface area contributed by atoms with Crippen LogP contribution in [0.15, 0.2) is 12.2 Å². The van der Waals surface area contributed by atoms with E-state index >= 15 is 0 Å². The molecule has 0 rings (SSSR count). The summed E-state index contributed by atoms with van der Waals surface area (Å²) >= 11 is 0. The van der Waals surface area contributed by atoms with Gasteiger partial charge < -0.3 is 5.73 Å². The van der Waals surface area contributed by atoms with E-state index in [2.05, 4.69) is 20.4 Å². The minimum absolute atomic E-state index is 0.194. The highest BCUT2D eigenvalue weighted by molar-refractivity contribution is 5.80. The van der Waals surface area contributed by atoms with E-state index in [0.717, 1.165) is 18.4 Å². The molecule has 0 saturated heterocycles. The van der Waals surface area contributed by atoms with Crippen LogP contribution in [0.25, 0.3) is 0 Å². The third-order valence-corrected chi connectivity index (χ3v) is 2.40. The van der Waals surface area contributed by atoms with Crippen LogP contribution in [-0.4, -0.2) is 12.3 Å². The molecule has 0 spiro atoms. The first-order valence-corrected chi connectivity index (χ1v) is 5.23. The van der Waals surface area contributed by atoms with Crippen molar-refractivity contribution in [3.05, 3.63) is 12.2 Å². The Bertz CT molecular complexity index is 206. The summed E-state index contributed by atoms with van der Waals surface area (Å²) in [7, 11) is 0. The van der Waals surface area contributed by atoms with Crippen molar-refractivity contribution in [2.45, 2.75) is 46.5 Å². The minimum Gasteiger partial charge on any atom is -0.330 e. The van der Waals surface area contributed by atoms with Gasteiger partial charge in [-0.1, -0.05) is 26.0 Å². The van der Waals surface area contributed by atoms with Crippen LogP contribution in [0.3, 0.4) is 0 Å². The van der Waals surface area contributed by atoms with Crippen molar-refractivity contribution < 1.29 is 4.79 Å². The standard InChI is InChI=1S/C12H23NO/c1-10(2)9-11(14)5-6-12(3,4)7-8-13/h1,5-9,13H2,2-4H3. The van der Waals surface area contributed by atoms with Gasteiger partial charge in [-0.2, -0.15) is 0 Å². The first-order chi connectivity index (χ1) is 6.37. The van der Waals surface area contributed by atoms with E-state index in [0.29, 0.717) is 25.2 Å². The average Bonchev–Trinajstić information content (AvgIpc) is 2.00. The lowest BCUT2D eigenvalue weighted by Crippen LogP contribution is -2.18. The number of Topliss-reactive ketones (excluding diaryl/α,β-unsaturated/α-hetero) is 1. The molecule has 0 radical (unpaired) electrons. The van der Waals surface area contributed by atoms with Crippen LogP contribution in [-0.2, 0) is 4.79 Å². The Hall–Kier alpha value is -0.630. The van der Waals surface area contributed by atoms with Crippen LogP contribution in [0.2, 0.25) is 0 Å². The normalized spacial score (nSPS) is 11.4. The second kappa shape index (κ2) is 5.97. The van der Waals surface area contributed by atoms with Gasteiger partial charge in [0.1, 0.15) is 5.78 Å². The summed E-state index contributed by atoms with van der Waals surface area (Å²) in [5, 5.41) is 0. The highest BCUT2D eigenvalue weighted by Gasteiger charge is 2.17. The van der Waals surface area contributed by atoms with Crippen LogP contribution in [0.1, 0.15) is 46.5 Å². The Balaban J connectivity index is 3.81. The van der Waals surface area contributed by atoms with Crippen LogP contribution < -0.4 is 5.73 Å². The monoisotopic (exact) mass is 197 g/mol. The highest BCUT2D eigenvalue weighted by Crippen LogP contribution is 2.26. The number of allylic oxidation sites excluding steroid dienone is 1.